The van der Waals surface area contributed by atoms with Gasteiger partial charge in [-0.2, -0.15) is 10.4 Å². The summed E-state index contributed by atoms with van der Waals surface area (Å²) < 4.78 is 14.8. The van der Waals surface area contributed by atoms with Gasteiger partial charge in [0.15, 0.2) is 11.3 Å². The van der Waals surface area contributed by atoms with Crippen LogP contribution in [-0.4, -0.2) is 34.7 Å². The zero-order valence-electron chi connectivity index (χ0n) is 16.5. The van der Waals surface area contributed by atoms with Crippen molar-refractivity contribution in [2.75, 3.05) is 0 Å². The highest BCUT2D eigenvalue weighted by molar-refractivity contribution is 5.80. The van der Waals surface area contributed by atoms with E-state index >= 15 is 0 Å². The van der Waals surface area contributed by atoms with E-state index < -0.39 is 17.4 Å². The van der Waals surface area contributed by atoms with Crippen molar-refractivity contribution in [1.29, 1.82) is 5.26 Å². The van der Waals surface area contributed by atoms with Crippen LogP contribution in [0.3, 0.4) is 0 Å². The Morgan fingerprint density at radius 2 is 2.00 bits per heavy atom. The van der Waals surface area contributed by atoms with E-state index in [0.29, 0.717) is 17.2 Å². The smallest absolute Gasteiger partial charge is 0.263 e. The third kappa shape index (κ3) is 3.15. The maximum atomic E-state index is 13.3. The van der Waals surface area contributed by atoms with E-state index in [0.717, 1.165) is 24.9 Å². The largest absolute Gasteiger partial charge is 0.310 e. The molecular formula is C21H17FN8O. The number of hydrogen-bond acceptors (Lipinski definition) is 7. The Morgan fingerprint density at radius 1 is 1.23 bits per heavy atom. The van der Waals surface area contributed by atoms with Gasteiger partial charge in [-0.1, -0.05) is 0 Å². The van der Waals surface area contributed by atoms with E-state index in [9.17, 15) is 14.4 Å². The van der Waals surface area contributed by atoms with Gasteiger partial charge in [0.25, 0.3) is 5.56 Å². The molecule has 1 N–H and O–H groups in total. The number of fused-ring (bicyclic) bond motifs is 1. The first-order chi connectivity index (χ1) is 15.1. The molecule has 0 aromatic carbocycles. The molecule has 10 heteroatoms. The van der Waals surface area contributed by atoms with Gasteiger partial charge < -0.3 is 4.98 Å². The zero-order valence-corrected chi connectivity index (χ0v) is 16.5. The summed E-state index contributed by atoms with van der Waals surface area (Å²) in [5.74, 6) is 0.815. The molecule has 0 aliphatic heterocycles. The van der Waals surface area contributed by atoms with E-state index in [4.69, 9.17) is 4.98 Å². The number of nitrogens with one attached hydrogen (secondary N) is 1. The van der Waals surface area contributed by atoms with Crippen LogP contribution in [0.1, 0.15) is 60.7 Å². The van der Waals surface area contributed by atoms with Crippen molar-refractivity contribution in [3.05, 3.63) is 76.0 Å². The Bertz CT molecular complexity index is 1360. The summed E-state index contributed by atoms with van der Waals surface area (Å²) in [5.41, 5.74) is 0.411. The van der Waals surface area contributed by atoms with Crippen molar-refractivity contribution in [1.82, 2.24) is 34.7 Å². The predicted octanol–water partition coefficient (Wildman–Crippen LogP) is 2.59. The van der Waals surface area contributed by atoms with E-state index in [-0.39, 0.29) is 22.9 Å². The number of nitriles is 1. The molecule has 31 heavy (non-hydrogen) atoms. The standard InChI is InChI=1S/C21H17FN8O/c1-11(15-6-3-12(22)10-26-15)30-20-17(16(9-23)29-30)21(31)28-19(27-20)14-5-4-13(14)18-24-7-2-8-25-18/h2-3,6-8,10-11,13-14H,4-5H2,1H3,(H,27,28,31)/t11?,13-,14-/m0/s1. The fourth-order valence-electron chi connectivity index (χ4n) is 3.98. The average molecular weight is 416 g/mol. The number of aromatic amines is 1. The fourth-order valence-corrected chi connectivity index (χ4v) is 3.98. The van der Waals surface area contributed by atoms with Gasteiger partial charge in [-0.15, -0.1) is 0 Å². The molecule has 0 bridgehead atoms. The van der Waals surface area contributed by atoms with Crippen LogP contribution in [0.5, 0.6) is 0 Å². The quantitative estimate of drug-likeness (QED) is 0.542. The molecule has 3 atom stereocenters. The molecule has 4 aromatic heterocycles. The van der Waals surface area contributed by atoms with Crippen molar-refractivity contribution >= 4 is 11.0 Å². The highest BCUT2D eigenvalue weighted by Crippen LogP contribution is 2.46. The Labute approximate surface area is 175 Å². The first kappa shape index (κ1) is 19.0. The van der Waals surface area contributed by atoms with E-state index in [1.54, 1.807) is 31.5 Å². The summed E-state index contributed by atoms with van der Waals surface area (Å²) in [6, 6.07) is 6.12. The van der Waals surface area contributed by atoms with Gasteiger partial charge in [0.05, 0.1) is 17.9 Å². The third-order valence-electron chi connectivity index (χ3n) is 5.77. The van der Waals surface area contributed by atoms with Crippen LogP contribution in [0.15, 0.2) is 41.6 Å². The molecule has 1 unspecified atom stereocenters. The van der Waals surface area contributed by atoms with Gasteiger partial charge in [0.2, 0.25) is 0 Å². The van der Waals surface area contributed by atoms with Crippen LogP contribution in [0.2, 0.25) is 0 Å². The molecule has 1 saturated carbocycles. The minimum Gasteiger partial charge on any atom is -0.310 e. The number of H-pyrrole nitrogens is 1. The zero-order chi connectivity index (χ0) is 21.5. The predicted molar refractivity (Wildman–Crippen MR) is 108 cm³/mol. The highest BCUT2D eigenvalue weighted by Gasteiger charge is 2.37. The lowest BCUT2D eigenvalue weighted by molar-refractivity contribution is 0.318. The Kier molecular flexibility index (Phi) is 4.51. The maximum Gasteiger partial charge on any atom is 0.263 e. The number of aromatic nitrogens is 7. The molecule has 0 saturated heterocycles. The monoisotopic (exact) mass is 416 g/mol. The molecule has 9 nitrogen and oxygen atoms in total. The van der Waals surface area contributed by atoms with Gasteiger partial charge in [-0.3, -0.25) is 9.78 Å². The number of halogens is 1. The lowest BCUT2D eigenvalue weighted by Gasteiger charge is -2.34. The van der Waals surface area contributed by atoms with Crippen molar-refractivity contribution in [3.63, 3.8) is 0 Å². The van der Waals surface area contributed by atoms with E-state index in [2.05, 4.69) is 25.0 Å². The van der Waals surface area contributed by atoms with Crippen LogP contribution < -0.4 is 5.56 Å². The van der Waals surface area contributed by atoms with Crippen LogP contribution >= 0.6 is 0 Å². The summed E-state index contributed by atoms with van der Waals surface area (Å²) in [6.45, 7) is 1.81. The summed E-state index contributed by atoms with van der Waals surface area (Å²) in [5, 5.41) is 13.9. The summed E-state index contributed by atoms with van der Waals surface area (Å²) >= 11 is 0. The van der Waals surface area contributed by atoms with Crippen LogP contribution in [-0.2, 0) is 0 Å². The number of pyridine rings is 1. The first-order valence-electron chi connectivity index (χ1n) is 9.87. The van der Waals surface area contributed by atoms with Crippen molar-refractivity contribution in [2.24, 2.45) is 0 Å². The first-order valence-corrected chi connectivity index (χ1v) is 9.87. The summed E-state index contributed by atoms with van der Waals surface area (Å²) in [6.07, 6.45) is 6.25. The SMILES string of the molecule is CC(c1ccc(F)cn1)n1nc(C#N)c2c(=O)[nH]c([C@H]3CC[C@@H]3c3ncccn3)nc21. The molecule has 5 rings (SSSR count). The normalized spacial score (nSPS) is 19.0. The van der Waals surface area contributed by atoms with Crippen LogP contribution in [0.4, 0.5) is 4.39 Å². The highest BCUT2D eigenvalue weighted by atomic mass is 19.1. The molecule has 4 heterocycles. The molecular weight excluding hydrogens is 399 g/mol. The molecule has 1 aliphatic rings. The number of hydrogen-bond donors (Lipinski definition) is 1. The molecule has 0 radical (unpaired) electrons. The Morgan fingerprint density at radius 3 is 2.65 bits per heavy atom. The van der Waals surface area contributed by atoms with Crippen LogP contribution in [0, 0.1) is 17.1 Å². The van der Waals surface area contributed by atoms with Gasteiger partial charge in [0.1, 0.15) is 28.9 Å². The second kappa shape index (κ2) is 7.36. The molecule has 0 spiro atoms. The Hall–Kier alpha value is -4.00. The lowest BCUT2D eigenvalue weighted by atomic mass is 9.72. The molecule has 1 fully saturated rings. The van der Waals surface area contributed by atoms with Gasteiger partial charge in [0, 0.05) is 24.2 Å². The second-order valence-electron chi connectivity index (χ2n) is 7.53. The lowest BCUT2D eigenvalue weighted by Crippen LogP contribution is -2.28. The van der Waals surface area contributed by atoms with Gasteiger partial charge in [-0.05, 0) is 38.0 Å². The van der Waals surface area contributed by atoms with Crippen molar-refractivity contribution in [3.8, 4) is 6.07 Å². The molecule has 154 valence electrons. The fraction of sp³-hybridized carbons (Fsp3) is 0.286. The van der Waals surface area contributed by atoms with Gasteiger partial charge >= 0.3 is 0 Å². The maximum absolute atomic E-state index is 13.3. The van der Waals surface area contributed by atoms with Gasteiger partial charge in [-0.25, -0.2) is 24.0 Å². The topological polar surface area (TPSA) is 126 Å². The molecule has 4 aromatic rings. The minimum absolute atomic E-state index is 0.0131. The number of rotatable bonds is 4. The Balaban J connectivity index is 1.61. The van der Waals surface area contributed by atoms with E-state index in [1.165, 1.54) is 10.7 Å². The summed E-state index contributed by atoms with van der Waals surface area (Å²) in [4.78, 5) is 33.2. The molecule has 0 amide bonds. The third-order valence-corrected chi connectivity index (χ3v) is 5.77. The molecule has 1 aliphatic carbocycles. The van der Waals surface area contributed by atoms with Crippen LogP contribution in [0.25, 0.3) is 11.0 Å². The second-order valence-corrected chi connectivity index (χ2v) is 7.53. The van der Waals surface area contributed by atoms with Crippen molar-refractivity contribution in [2.45, 2.75) is 37.6 Å². The average Bonchev–Trinajstić information content (AvgIpc) is 3.13. The van der Waals surface area contributed by atoms with E-state index in [1.807, 2.05) is 6.07 Å². The number of nitrogens with zero attached hydrogens (tertiary/aromatic N) is 7. The minimum atomic E-state index is -0.456. The summed E-state index contributed by atoms with van der Waals surface area (Å²) in [7, 11) is 0. The van der Waals surface area contributed by atoms with Crippen molar-refractivity contribution < 1.29 is 4.39 Å².